The Hall–Kier alpha value is -1.99. The van der Waals surface area contributed by atoms with E-state index in [2.05, 4.69) is 11.8 Å². The number of hydrogen-bond donors (Lipinski definition) is 2. The third-order valence-corrected chi connectivity index (χ3v) is 1.86. The van der Waals surface area contributed by atoms with Gasteiger partial charge in [-0.15, -0.1) is 0 Å². The smallest absolute Gasteiger partial charge is 0.337 e. The van der Waals surface area contributed by atoms with Gasteiger partial charge in [0.1, 0.15) is 0 Å². The van der Waals surface area contributed by atoms with E-state index in [4.69, 9.17) is 22.4 Å². The molecule has 76 valence electrons. The fourth-order valence-corrected chi connectivity index (χ4v) is 1.10. The van der Waals surface area contributed by atoms with Crippen LogP contribution in [0.3, 0.4) is 0 Å². The molecule has 5 heteroatoms. The van der Waals surface area contributed by atoms with E-state index in [1.807, 2.05) is 0 Å². The number of nitrogens with two attached hydrogens (primary N) is 1. The number of primary amides is 1. The minimum absolute atomic E-state index is 0.0621. The van der Waals surface area contributed by atoms with E-state index in [0.717, 1.165) is 0 Å². The topological polar surface area (TPSA) is 80.4 Å². The van der Waals surface area contributed by atoms with Crippen molar-refractivity contribution < 1.29 is 14.7 Å². The Kier molecular flexibility index (Phi) is 3.32. The predicted octanol–water partition coefficient (Wildman–Crippen LogP) is 0.875. The first-order chi connectivity index (χ1) is 7.00. The molecule has 0 radical (unpaired) electrons. The van der Waals surface area contributed by atoms with E-state index >= 15 is 0 Å². The summed E-state index contributed by atoms with van der Waals surface area (Å²) in [4.78, 5) is 21.1. The van der Waals surface area contributed by atoms with E-state index in [-0.39, 0.29) is 10.6 Å². The van der Waals surface area contributed by atoms with Gasteiger partial charge < -0.3 is 10.8 Å². The molecule has 0 fully saturated rings. The van der Waals surface area contributed by atoms with Gasteiger partial charge in [0, 0.05) is 5.56 Å². The lowest BCUT2D eigenvalue weighted by atomic mass is 10.1. The fourth-order valence-electron chi connectivity index (χ4n) is 0.901. The molecule has 0 saturated carbocycles. The average molecular weight is 224 g/mol. The predicted molar refractivity (Wildman–Crippen MR) is 54.5 cm³/mol. The van der Waals surface area contributed by atoms with E-state index in [1.54, 1.807) is 0 Å². The molecule has 0 saturated heterocycles. The first kappa shape index (κ1) is 11.1. The SMILES string of the molecule is NC(=O)C#Cc1ccc(Cl)c(C(=O)O)c1. The minimum atomic E-state index is -1.15. The molecule has 1 rings (SSSR count). The molecule has 0 heterocycles. The van der Waals surface area contributed by atoms with Crippen molar-refractivity contribution in [1.29, 1.82) is 0 Å². The van der Waals surface area contributed by atoms with Crippen LogP contribution in [0.5, 0.6) is 0 Å². The van der Waals surface area contributed by atoms with Crippen LogP contribution in [0.25, 0.3) is 0 Å². The van der Waals surface area contributed by atoms with Crippen LogP contribution in [0.15, 0.2) is 18.2 Å². The number of benzene rings is 1. The van der Waals surface area contributed by atoms with Crippen LogP contribution in [0, 0.1) is 11.8 Å². The van der Waals surface area contributed by atoms with Gasteiger partial charge in [-0.1, -0.05) is 17.5 Å². The molecule has 0 atom stereocenters. The molecule has 4 nitrogen and oxygen atoms in total. The summed E-state index contributed by atoms with van der Waals surface area (Å²) in [5.41, 5.74) is 5.12. The standard InChI is InChI=1S/C10H6ClNO3/c11-8-3-1-6(2-4-9(12)13)5-7(8)10(14)15/h1,3,5H,(H2,12,13)(H,14,15). The van der Waals surface area contributed by atoms with Crippen molar-refractivity contribution in [3.63, 3.8) is 0 Å². The molecule has 0 aliphatic carbocycles. The summed E-state index contributed by atoms with van der Waals surface area (Å²) in [7, 11) is 0. The summed E-state index contributed by atoms with van der Waals surface area (Å²) in [5.74, 6) is 2.59. The molecule has 3 N–H and O–H groups in total. The van der Waals surface area contributed by atoms with Crippen molar-refractivity contribution in [3.05, 3.63) is 34.3 Å². The third kappa shape index (κ3) is 3.01. The Morgan fingerprint density at radius 1 is 1.40 bits per heavy atom. The van der Waals surface area contributed by atoms with Crippen molar-refractivity contribution >= 4 is 23.5 Å². The number of amides is 1. The van der Waals surface area contributed by atoms with Gasteiger partial charge in [0.25, 0.3) is 5.91 Å². The van der Waals surface area contributed by atoms with Gasteiger partial charge in [-0.2, -0.15) is 0 Å². The van der Waals surface area contributed by atoms with Crippen molar-refractivity contribution in [2.45, 2.75) is 0 Å². The minimum Gasteiger partial charge on any atom is -0.478 e. The lowest BCUT2D eigenvalue weighted by Crippen LogP contribution is -2.06. The highest BCUT2D eigenvalue weighted by Crippen LogP contribution is 2.16. The maximum absolute atomic E-state index is 10.7. The van der Waals surface area contributed by atoms with Gasteiger partial charge >= 0.3 is 5.97 Å². The lowest BCUT2D eigenvalue weighted by Gasteiger charge is -1.98. The highest BCUT2D eigenvalue weighted by atomic mass is 35.5. The number of carbonyl (C=O) groups is 2. The summed E-state index contributed by atoms with van der Waals surface area (Å²) in [6.07, 6.45) is 0. The van der Waals surface area contributed by atoms with Crippen molar-refractivity contribution in [1.82, 2.24) is 0 Å². The van der Waals surface area contributed by atoms with Gasteiger partial charge in [0.2, 0.25) is 0 Å². The van der Waals surface area contributed by atoms with Gasteiger partial charge in [-0.3, -0.25) is 4.79 Å². The van der Waals surface area contributed by atoms with Crippen molar-refractivity contribution in [3.8, 4) is 11.8 Å². The number of carboxylic acid groups (broad SMARTS) is 1. The Morgan fingerprint density at radius 2 is 2.07 bits per heavy atom. The van der Waals surface area contributed by atoms with Crippen LogP contribution in [0.4, 0.5) is 0 Å². The summed E-state index contributed by atoms with van der Waals surface area (Å²) >= 11 is 5.63. The second kappa shape index (κ2) is 4.49. The molecule has 15 heavy (non-hydrogen) atoms. The zero-order valence-electron chi connectivity index (χ0n) is 7.45. The summed E-state index contributed by atoms with van der Waals surface area (Å²) in [6, 6.07) is 4.18. The largest absolute Gasteiger partial charge is 0.478 e. The number of aromatic carboxylic acids is 1. The second-order valence-corrected chi connectivity index (χ2v) is 3.02. The average Bonchev–Trinajstić information content (AvgIpc) is 2.16. The normalized spacial score (nSPS) is 8.87. The van der Waals surface area contributed by atoms with Crippen LogP contribution in [-0.2, 0) is 4.79 Å². The van der Waals surface area contributed by atoms with E-state index in [1.165, 1.54) is 18.2 Å². The Labute approximate surface area is 90.7 Å². The van der Waals surface area contributed by atoms with Crippen LogP contribution in [0.1, 0.15) is 15.9 Å². The molecular formula is C10H6ClNO3. The third-order valence-electron chi connectivity index (χ3n) is 1.53. The maximum atomic E-state index is 10.7. The van der Waals surface area contributed by atoms with E-state index in [9.17, 15) is 9.59 Å². The Balaban J connectivity index is 3.15. The molecule has 0 aromatic heterocycles. The highest BCUT2D eigenvalue weighted by molar-refractivity contribution is 6.33. The lowest BCUT2D eigenvalue weighted by molar-refractivity contribution is -0.112. The first-order valence-electron chi connectivity index (χ1n) is 3.85. The number of hydrogen-bond acceptors (Lipinski definition) is 2. The van der Waals surface area contributed by atoms with Gasteiger partial charge in [-0.05, 0) is 24.1 Å². The quantitative estimate of drug-likeness (QED) is 0.694. The van der Waals surface area contributed by atoms with Gasteiger partial charge in [0.05, 0.1) is 10.6 Å². The molecule has 1 aromatic carbocycles. The van der Waals surface area contributed by atoms with Crippen molar-refractivity contribution in [2.75, 3.05) is 0 Å². The summed E-state index contributed by atoms with van der Waals surface area (Å²) in [6.45, 7) is 0. The van der Waals surface area contributed by atoms with E-state index < -0.39 is 11.9 Å². The molecule has 0 spiro atoms. The number of halogens is 1. The molecule has 0 aliphatic heterocycles. The van der Waals surface area contributed by atoms with Crippen LogP contribution in [-0.4, -0.2) is 17.0 Å². The number of rotatable bonds is 1. The van der Waals surface area contributed by atoms with Crippen LogP contribution >= 0.6 is 11.6 Å². The highest BCUT2D eigenvalue weighted by Gasteiger charge is 2.08. The molecular weight excluding hydrogens is 218 g/mol. The molecule has 1 aromatic rings. The molecule has 0 bridgehead atoms. The number of carboxylic acids is 1. The monoisotopic (exact) mass is 223 g/mol. The van der Waals surface area contributed by atoms with Crippen molar-refractivity contribution in [2.24, 2.45) is 5.73 Å². The van der Waals surface area contributed by atoms with Gasteiger partial charge in [-0.25, -0.2) is 4.79 Å². The van der Waals surface area contributed by atoms with Crippen LogP contribution in [0.2, 0.25) is 5.02 Å². The zero-order chi connectivity index (χ0) is 11.4. The number of carbonyl (C=O) groups excluding carboxylic acids is 1. The zero-order valence-corrected chi connectivity index (χ0v) is 8.21. The molecule has 0 unspecified atom stereocenters. The second-order valence-electron chi connectivity index (χ2n) is 2.61. The fraction of sp³-hybridized carbons (Fsp3) is 0. The molecule has 0 aliphatic rings. The summed E-state index contributed by atoms with van der Waals surface area (Å²) < 4.78 is 0. The summed E-state index contributed by atoms with van der Waals surface area (Å²) in [5, 5.41) is 8.86. The Morgan fingerprint density at radius 3 is 2.60 bits per heavy atom. The van der Waals surface area contributed by atoms with Gasteiger partial charge in [0.15, 0.2) is 0 Å². The molecule has 1 amide bonds. The first-order valence-corrected chi connectivity index (χ1v) is 4.23. The van der Waals surface area contributed by atoms with Crippen LogP contribution < -0.4 is 5.73 Å². The van der Waals surface area contributed by atoms with E-state index in [0.29, 0.717) is 5.56 Å². The Bertz CT molecular complexity index is 485. The maximum Gasteiger partial charge on any atom is 0.337 e.